The standard InChI is InChI=1S/C29H35N3/c1-21(2)28-15-14-27(18-22(3)29(28)31-30-4)25-12-10-24(11-13-25)26-9-7-8-23(19-26)20-32-16-5-6-17-32/h9-15,18-19,27H,1,5-8,16-17,20H2,2-4H3/b31-30-/t27-/m0/s1. The summed E-state index contributed by atoms with van der Waals surface area (Å²) in [4.78, 5) is 2.60. The molecule has 3 aliphatic rings. The second kappa shape index (κ2) is 10.2. The van der Waals surface area contributed by atoms with E-state index in [9.17, 15) is 0 Å². The van der Waals surface area contributed by atoms with Crippen LogP contribution in [0.1, 0.15) is 56.6 Å². The number of benzene rings is 1. The monoisotopic (exact) mass is 425 g/mol. The van der Waals surface area contributed by atoms with Crippen LogP contribution in [0.4, 0.5) is 0 Å². The van der Waals surface area contributed by atoms with Crippen LogP contribution in [-0.2, 0) is 0 Å². The molecule has 1 saturated heterocycles. The van der Waals surface area contributed by atoms with Gasteiger partial charge in [-0.3, -0.25) is 4.90 Å². The van der Waals surface area contributed by atoms with Crippen molar-refractivity contribution in [3.8, 4) is 0 Å². The molecule has 4 rings (SSSR count). The second-order valence-corrected chi connectivity index (χ2v) is 9.18. The third-order valence-electron chi connectivity index (χ3n) is 6.63. The fourth-order valence-corrected chi connectivity index (χ4v) is 4.90. The van der Waals surface area contributed by atoms with Crippen molar-refractivity contribution in [3.63, 3.8) is 0 Å². The molecule has 1 heterocycles. The van der Waals surface area contributed by atoms with Gasteiger partial charge >= 0.3 is 0 Å². The van der Waals surface area contributed by atoms with Crippen LogP contribution in [0.15, 0.2) is 99.4 Å². The summed E-state index contributed by atoms with van der Waals surface area (Å²) in [6, 6.07) is 9.09. The molecule has 0 N–H and O–H groups in total. The van der Waals surface area contributed by atoms with E-state index >= 15 is 0 Å². The van der Waals surface area contributed by atoms with Gasteiger partial charge in [0.05, 0.1) is 5.70 Å². The molecule has 0 aromatic heterocycles. The van der Waals surface area contributed by atoms with Gasteiger partial charge in [-0.2, -0.15) is 10.2 Å². The summed E-state index contributed by atoms with van der Waals surface area (Å²) in [5.41, 5.74) is 9.67. The van der Waals surface area contributed by atoms with E-state index < -0.39 is 0 Å². The summed E-state index contributed by atoms with van der Waals surface area (Å²) < 4.78 is 0. The smallest absolute Gasteiger partial charge is 0.0953 e. The molecule has 1 aromatic rings. The maximum Gasteiger partial charge on any atom is 0.0953 e. The molecule has 3 nitrogen and oxygen atoms in total. The van der Waals surface area contributed by atoms with Gasteiger partial charge in [0.1, 0.15) is 0 Å². The first-order chi connectivity index (χ1) is 15.5. The zero-order valence-corrected chi connectivity index (χ0v) is 19.8. The van der Waals surface area contributed by atoms with Crippen LogP contribution in [0.25, 0.3) is 5.57 Å². The highest BCUT2D eigenvalue weighted by molar-refractivity contribution is 5.76. The summed E-state index contributed by atoms with van der Waals surface area (Å²) in [5, 5.41) is 8.40. The predicted octanol–water partition coefficient (Wildman–Crippen LogP) is 7.40. The van der Waals surface area contributed by atoms with E-state index in [1.165, 1.54) is 49.1 Å². The normalized spacial score (nSPS) is 22.1. The average Bonchev–Trinajstić information content (AvgIpc) is 3.24. The molecule has 1 aromatic carbocycles. The highest BCUT2D eigenvalue weighted by Gasteiger charge is 2.17. The summed E-state index contributed by atoms with van der Waals surface area (Å²) in [7, 11) is 1.71. The van der Waals surface area contributed by atoms with Gasteiger partial charge in [0, 0.05) is 25.1 Å². The van der Waals surface area contributed by atoms with Crippen LogP contribution in [-0.4, -0.2) is 31.6 Å². The van der Waals surface area contributed by atoms with Gasteiger partial charge in [-0.15, -0.1) is 0 Å². The molecule has 0 saturated carbocycles. The van der Waals surface area contributed by atoms with Crippen LogP contribution in [0.5, 0.6) is 0 Å². The van der Waals surface area contributed by atoms with Crippen molar-refractivity contribution in [1.29, 1.82) is 0 Å². The van der Waals surface area contributed by atoms with Crippen LogP contribution in [0.2, 0.25) is 0 Å². The van der Waals surface area contributed by atoms with Gasteiger partial charge in [-0.05, 0) is 80.5 Å². The van der Waals surface area contributed by atoms with E-state index in [4.69, 9.17) is 0 Å². The zero-order chi connectivity index (χ0) is 22.5. The molecule has 166 valence electrons. The Morgan fingerprint density at radius 3 is 2.59 bits per heavy atom. The lowest BCUT2D eigenvalue weighted by Gasteiger charge is -2.20. The number of hydrogen-bond donors (Lipinski definition) is 0. The zero-order valence-electron chi connectivity index (χ0n) is 19.8. The molecule has 1 atom stereocenters. The van der Waals surface area contributed by atoms with Crippen molar-refractivity contribution in [2.75, 3.05) is 26.7 Å². The fraction of sp³-hybridized carbons (Fsp3) is 0.379. The van der Waals surface area contributed by atoms with Crippen molar-refractivity contribution in [1.82, 2.24) is 4.90 Å². The van der Waals surface area contributed by atoms with E-state index in [-0.39, 0.29) is 5.92 Å². The Morgan fingerprint density at radius 2 is 1.91 bits per heavy atom. The quantitative estimate of drug-likeness (QED) is 0.436. The Kier molecular flexibility index (Phi) is 7.16. The Bertz CT molecular complexity index is 1040. The Balaban J connectivity index is 1.53. The summed E-state index contributed by atoms with van der Waals surface area (Å²) in [5.74, 6) is 0.213. The molecule has 1 fully saturated rings. The molecule has 1 aliphatic heterocycles. The minimum Gasteiger partial charge on any atom is -0.299 e. The lowest BCUT2D eigenvalue weighted by atomic mass is 9.91. The minimum absolute atomic E-state index is 0.213. The lowest BCUT2D eigenvalue weighted by Crippen LogP contribution is -2.22. The van der Waals surface area contributed by atoms with Gasteiger partial charge in [0.2, 0.25) is 0 Å². The van der Waals surface area contributed by atoms with Gasteiger partial charge in [0.25, 0.3) is 0 Å². The summed E-state index contributed by atoms with van der Waals surface area (Å²) >= 11 is 0. The molecule has 0 amide bonds. The molecule has 0 bridgehead atoms. The van der Waals surface area contributed by atoms with Crippen LogP contribution in [0, 0.1) is 0 Å². The van der Waals surface area contributed by atoms with E-state index in [1.807, 2.05) is 6.92 Å². The number of rotatable bonds is 6. The number of hydrogen-bond acceptors (Lipinski definition) is 3. The maximum absolute atomic E-state index is 4.38. The summed E-state index contributed by atoms with van der Waals surface area (Å²) in [6.07, 6.45) is 16.5. The van der Waals surface area contributed by atoms with E-state index in [2.05, 4.69) is 83.3 Å². The van der Waals surface area contributed by atoms with E-state index in [0.717, 1.165) is 35.4 Å². The Hall–Kier alpha value is -2.78. The molecule has 0 spiro atoms. The molecule has 3 heteroatoms. The van der Waals surface area contributed by atoms with Crippen LogP contribution in [0.3, 0.4) is 0 Å². The van der Waals surface area contributed by atoms with Crippen molar-refractivity contribution >= 4 is 5.57 Å². The van der Waals surface area contributed by atoms with Gasteiger partial charge in [-0.25, -0.2) is 0 Å². The topological polar surface area (TPSA) is 28.0 Å². The maximum atomic E-state index is 4.38. The van der Waals surface area contributed by atoms with Crippen molar-refractivity contribution < 1.29 is 0 Å². The average molecular weight is 426 g/mol. The number of nitrogens with zero attached hydrogens (tertiary/aromatic N) is 3. The minimum atomic E-state index is 0.213. The Morgan fingerprint density at radius 1 is 1.16 bits per heavy atom. The first-order valence-electron chi connectivity index (χ1n) is 11.8. The molecular formula is C29H35N3. The largest absolute Gasteiger partial charge is 0.299 e. The van der Waals surface area contributed by atoms with Gasteiger partial charge in [0.15, 0.2) is 0 Å². The van der Waals surface area contributed by atoms with Crippen LogP contribution >= 0.6 is 0 Å². The Labute approximate surface area is 193 Å². The first-order valence-corrected chi connectivity index (χ1v) is 11.8. The number of likely N-dealkylation sites (tertiary alicyclic amines) is 1. The first kappa shape index (κ1) is 22.4. The SMILES string of the molecule is C=C(C)C1=C(/N=N\C)C(C)=C[C@@H](c2ccc(C3=CCCC(CN4CCCC4)=C3)cc2)C=C1. The molecular weight excluding hydrogens is 390 g/mol. The summed E-state index contributed by atoms with van der Waals surface area (Å²) in [6.45, 7) is 11.9. The van der Waals surface area contributed by atoms with E-state index in [0.29, 0.717) is 0 Å². The highest BCUT2D eigenvalue weighted by Crippen LogP contribution is 2.33. The fourth-order valence-electron chi connectivity index (χ4n) is 4.90. The van der Waals surface area contributed by atoms with Crippen molar-refractivity contribution in [2.24, 2.45) is 10.2 Å². The molecule has 0 radical (unpaired) electrons. The lowest BCUT2D eigenvalue weighted by molar-refractivity contribution is 0.364. The number of azo groups is 1. The molecule has 2 aliphatic carbocycles. The predicted molar refractivity (Wildman–Crippen MR) is 136 cm³/mol. The third-order valence-corrected chi connectivity index (χ3v) is 6.63. The number of allylic oxidation sites excluding steroid dienone is 9. The second-order valence-electron chi connectivity index (χ2n) is 9.18. The third kappa shape index (κ3) is 5.16. The molecule has 0 unspecified atom stereocenters. The molecule has 32 heavy (non-hydrogen) atoms. The highest BCUT2D eigenvalue weighted by atomic mass is 15.1. The van der Waals surface area contributed by atoms with Crippen molar-refractivity contribution in [3.05, 3.63) is 100 Å². The van der Waals surface area contributed by atoms with Crippen LogP contribution < -0.4 is 0 Å². The van der Waals surface area contributed by atoms with Crippen molar-refractivity contribution in [2.45, 2.75) is 45.4 Å². The van der Waals surface area contributed by atoms with Gasteiger partial charge < -0.3 is 0 Å². The van der Waals surface area contributed by atoms with E-state index in [1.54, 1.807) is 12.6 Å². The van der Waals surface area contributed by atoms with Gasteiger partial charge in [-0.1, -0.05) is 66.8 Å².